The van der Waals surface area contributed by atoms with Crippen LogP contribution >= 0.6 is 0 Å². The summed E-state index contributed by atoms with van der Waals surface area (Å²) in [6, 6.07) is 24.6. The summed E-state index contributed by atoms with van der Waals surface area (Å²) in [6.07, 6.45) is 0.0258. The van der Waals surface area contributed by atoms with E-state index in [1.807, 2.05) is 30.3 Å². The van der Waals surface area contributed by atoms with Crippen LogP contribution in [0.3, 0.4) is 0 Å². The first kappa shape index (κ1) is 19.4. The monoisotopic (exact) mass is 401 g/mol. The summed E-state index contributed by atoms with van der Waals surface area (Å²) in [5.41, 5.74) is -0.502. The number of carbonyl (C=O) groups is 2. The number of carbonyl (C=O) groups excluding carboxylic acids is 2. The maximum Gasteiger partial charge on any atom is 0.353 e. The lowest BCUT2D eigenvalue weighted by Crippen LogP contribution is -2.47. The fourth-order valence-corrected chi connectivity index (χ4v) is 3.16. The van der Waals surface area contributed by atoms with Gasteiger partial charge in [-0.1, -0.05) is 48.5 Å². The molecule has 30 heavy (non-hydrogen) atoms. The van der Waals surface area contributed by atoms with Gasteiger partial charge in [0.1, 0.15) is 11.5 Å². The van der Waals surface area contributed by atoms with Crippen LogP contribution in [-0.2, 0) is 20.7 Å². The molecule has 0 N–H and O–H groups in total. The highest BCUT2D eigenvalue weighted by Crippen LogP contribution is 2.30. The number of hydrogen-bond acceptors (Lipinski definition) is 6. The number of methoxy groups -OCH3 is 1. The van der Waals surface area contributed by atoms with Crippen molar-refractivity contribution in [3.63, 3.8) is 0 Å². The Morgan fingerprint density at radius 3 is 2.17 bits per heavy atom. The van der Waals surface area contributed by atoms with Crippen LogP contribution in [-0.4, -0.2) is 30.5 Å². The van der Waals surface area contributed by atoms with Crippen molar-refractivity contribution in [2.75, 3.05) is 7.11 Å². The Morgan fingerprint density at radius 1 is 0.900 bits per heavy atom. The number of para-hydroxylation sites is 1. The maximum atomic E-state index is 13.2. The van der Waals surface area contributed by atoms with Crippen LogP contribution in [0.25, 0.3) is 0 Å². The Labute approximate surface area is 173 Å². The summed E-state index contributed by atoms with van der Waals surface area (Å²) < 4.78 is 16.1. The topological polar surface area (TPSA) is 74.2 Å². The Kier molecular flexibility index (Phi) is 5.30. The number of cyclic esters (lactones) is 1. The van der Waals surface area contributed by atoms with Gasteiger partial charge in [0, 0.05) is 12.0 Å². The van der Waals surface area contributed by atoms with Crippen molar-refractivity contribution in [3.8, 4) is 11.5 Å². The van der Waals surface area contributed by atoms with E-state index in [1.54, 1.807) is 61.7 Å². The van der Waals surface area contributed by atoms with Crippen LogP contribution in [0.4, 0.5) is 0 Å². The van der Waals surface area contributed by atoms with E-state index in [1.165, 1.54) is 0 Å². The SMILES string of the molecule is COc1ccc(C2=N[C@@](Cc3ccccc3)(C(=O)Oc3ccccc3)C(=O)O2)cc1. The van der Waals surface area contributed by atoms with Gasteiger partial charge in [0.25, 0.3) is 5.54 Å². The van der Waals surface area contributed by atoms with E-state index < -0.39 is 17.5 Å². The van der Waals surface area contributed by atoms with Gasteiger partial charge >= 0.3 is 11.9 Å². The largest absolute Gasteiger partial charge is 0.497 e. The molecule has 0 saturated heterocycles. The van der Waals surface area contributed by atoms with Gasteiger partial charge in [0.2, 0.25) is 5.90 Å². The van der Waals surface area contributed by atoms with E-state index in [2.05, 4.69) is 4.99 Å². The second-order valence-corrected chi connectivity index (χ2v) is 6.76. The highest BCUT2D eigenvalue weighted by Gasteiger charge is 2.54. The van der Waals surface area contributed by atoms with E-state index in [0.717, 1.165) is 5.56 Å². The van der Waals surface area contributed by atoms with E-state index >= 15 is 0 Å². The van der Waals surface area contributed by atoms with Gasteiger partial charge < -0.3 is 14.2 Å². The number of hydrogen-bond donors (Lipinski definition) is 0. The van der Waals surface area contributed by atoms with Crippen LogP contribution < -0.4 is 9.47 Å². The molecule has 0 fully saturated rings. The molecule has 3 aromatic rings. The first-order valence-electron chi connectivity index (χ1n) is 9.38. The van der Waals surface area contributed by atoms with Gasteiger partial charge in [-0.15, -0.1) is 0 Å². The fourth-order valence-electron chi connectivity index (χ4n) is 3.16. The average Bonchev–Trinajstić information content (AvgIpc) is 3.12. The number of aliphatic imine (C=N–C) groups is 1. The van der Waals surface area contributed by atoms with Crippen LogP contribution in [0.15, 0.2) is 89.9 Å². The third-order valence-electron chi connectivity index (χ3n) is 4.75. The molecular formula is C24H19NO5. The lowest BCUT2D eigenvalue weighted by Gasteiger charge is -2.20. The van der Waals surface area contributed by atoms with Crippen molar-refractivity contribution in [2.45, 2.75) is 12.0 Å². The van der Waals surface area contributed by atoms with Gasteiger partial charge in [-0.05, 0) is 42.0 Å². The maximum absolute atomic E-state index is 13.2. The molecule has 1 aliphatic heterocycles. The molecule has 0 saturated carbocycles. The summed E-state index contributed by atoms with van der Waals surface area (Å²) in [5, 5.41) is 0. The third kappa shape index (κ3) is 3.80. The molecule has 1 atom stereocenters. The number of benzene rings is 3. The lowest BCUT2D eigenvalue weighted by molar-refractivity contribution is -0.151. The van der Waals surface area contributed by atoms with Crippen LogP contribution in [0.5, 0.6) is 11.5 Å². The number of esters is 2. The van der Waals surface area contributed by atoms with E-state index in [0.29, 0.717) is 17.1 Å². The molecule has 6 nitrogen and oxygen atoms in total. The molecule has 0 aliphatic carbocycles. The summed E-state index contributed by atoms with van der Waals surface area (Å²) >= 11 is 0. The van der Waals surface area contributed by atoms with Crippen molar-refractivity contribution in [2.24, 2.45) is 4.99 Å². The minimum atomic E-state index is -1.83. The normalized spacial score (nSPS) is 17.8. The summed E-state index contributed by atoms with van der Waals surface area (Å²) in [6.45, 7) is 0. The zero-order valence-corrected chi connectivity index (χ0v) is 16.3. The first-order valence-corrected chi connectivity index (χ1v) is 9.38. The Hall–Kier alpha value is -3.93. The quantitative estimate of drug-likeness (QED) is 0.359. The molecule has 0 aromatic heterocycles. The third-order valence-corrected chi connectivity index (χ3v) is 4.75. The highest BCUT2D eigenvalue weighted by atomic mass is 16.6. The summed E-state index contributed by atoms with van der Waals surface area (Å²) in [5.74, 6) is -0.494. The van der Waals surface area contributed by atoms with Crippen molar-refractivity contribution in [1.82, 2.24) is 0 Å². The molecule has 3 aromatic carbocycles. The molecule has 6 heteroatoms. The van der Waals surface area contributed by atoms with Crippen molar-refractivity contribution in [3.05, 3.63) is 96.1 Å². The second kappa shape index (κ2) is 8.21. The zero-order chi connectivity index (χ0) is 21.0. The van der Waals surface area contributed by atoms with Crippen LogP contribution in [0.2, 0.25) is 0 Å². The molecule has 0 unspecified atom stereocenters. The van der Waals surface area contributed by atoms with Gasteiger partial charge in [-0.2, -0.15) is 0 Å². The minimum absolute atomic E-state index is 0.0258. The minimum Gasteiger partial charge on any atom is -0.497 e. The smallest absolute Gasteiger partial charge is 0.353 e. The first-order chi connectivity index (χ1) is 14.6. The Morgan fingerprint density at radius 2 is 1.53 bits per heavy atom. The van der Waals surface area contributed by atoms with Gasteiger partial charge in [0.15, 0.2) is 0 Å². The van der Waals surface area contributed by atoms with Crippen molar-refractivity contribution < 1.29 is 23.8 Å². The average molecular weight is 401 g/mol. The predicted molar refractivity (Wildman–Crippen MR) is 111 cm³/mol. The zero-order valence-electron chi connectivity index (χ0n) is 16.3. The number of rotatable bonds is 6. The molecule has 4 rings (SSSR count). The Bertz CT molecular complexity index is 1080. The molecule has 1 aliphatic rings. The lowest BCUT2D eigenvalue weighted by atomic mass is 9.92. The standard InChI is InChI=1S/C24H19NO5/c1-28-19-14-12-18(13-15-19)21-25-24(23(27)30-21,16-17-8-4-2-5-9-17)22(26)29-20-10-6-3-7-11-20/h2-15H,16H2,1H3/t24-/m0/s1. The molecule has 0 bridgehead atoms. The fraction of sp³-hybridized carbons (Fsp3) is 0.125. The van der Waals surface area contributed by atoms with E-state index in [-0.39, 0.29) is 12.3 Å². The molecule has 0 spiro atoms. The van der Waals surface area contributed by atoms with E-state index in [4.69, 9.17) is 14.2 Å². The van der Waals surface area contributed by atoms with E-state index in [9.17, 15) is 9.59 Å². The van der Waals surface area contributed by atoms with Gasteiger partial charge in [0.05, 0.1) is 7.11 Å². The second-order valence-electron chi connectivity index (χ2n) is 6.76. The van der Waals surface area contributed by atoms with Gasteiger partial charge in [-0.3, -0.25) is 0 Å². The van der Waals surface area contributed by atoms with Gasteiger partial charge in [-0.25, -0.2) is 14.6 Å². The molecular weight excluding hydrogens is 382 g/mol. The molecule has 1 heterocycles. The number of ether oxygens (including phenoxy) is 3. The summed E-state index contributed by atoms with van der Waals surface area (Å²) in [4.78, 5) is 30.6. The predicted octanol–water partition coefficient (Wildman–Crippen LogP) is 3.59. The Balaban J connectivity index is 1.72. The molecule has 0 amide bonds. The highest BCUT2D eigenvalue weighted by molar-refractivity contribution is 6.17. The number of nitrogens with zero attached hydrogens (tertiary/aromatic N) is 1. The van der Waals surface area contributed by atoms with Crippen LogP contribution in [0, 0.1) is 0 Å². The van der Waals surface area contributed by atoms with Crippen molar-refractivity contribution >= 4 is 17.8 Å². The van der Waals surface area contributed by atoms with Crippen molar-refractivity contribution in [1.29, 1.82) is 0 Å². The molecule has 0 radical (unpaired) electrons. The summed E-state index contributed by atoms with van der Waals surface area (Å²) in [7, 11) is 1.56. The molecule has 150 valence electrons. The van der Waals surface area contributed by atoms with Crippen LogP contribution in [0.1, 0.15) is 11.1 Å².